The van der Waals surface area contributed by atoms with Gasteiger partial charge < -0.3 is 9.67 Å². The molecular formula is C18H23NO2. The summed E-state index contributed by atoms with van der Waals surface area (Å²) in [7, 11) is 2.12. The van der Waals surface area contributed by atoms with Crippen molar-refractivity contribution in [1.29, 1.82) is 0 Å². The fourth-order valence-electron chi connectivity index (χ4n) is 3.98. The van der Waals surface area contributed by atoms with Crippen molar-refractivity contribution in [1.82, 2.24) is 4.57 Å². The summed E-state index contributed by atoms with van der Waals surface area (Å²) in [5.74, 6) is 0.147. The molecule has 1 aromatic heterocycles. The maximum absolute atomic E-state index is 11.4. The van der Waals surface area contributed by atoms with E-state index in [1.165, 1.54) is 22.2 Å². The van der Waals surface area contributed by atoms with Crippen LogP contribution in [0.2, 0.25) is 0 Å². The van der Waals surface area contributed by atoms with Gasteiger partial charge in [0.2, 0.25) is 0 Å². The van der Waals surface area contributed by atoms with E-state index in [4.69, 9.17) is 0 Å². The molecule has 0 unspecified atom stereocenters. The Morgan fingerprint density at radius 3 is 2.52 bits per heavy atom. The van der Waals surface area contributed by atoms with Crippen molar-refractivity contribution in [3.05, 3.63) is 35.5 Å². The van der Waals surface area contributed by atoms with Gasteiger partial charge in [0.05, 0.1) is 5.41 Å². The minimum atomic E-state index is -0.662. The number of nitrogens with zero attached hydrogens (tertiary/aromatic N) is 1. The van der Waals surface area contributed by atoms with Crippen LogP contribution in [0.25, 0.3) is 10.9 Å². The molecule has 1 aliphatic rings. The molecule has 1 aliphatic carbocycles. The molecule has 0 radical (unpaired) electrons. The van der Waals surface area contributed by atoms with Gasteiger partial charge in [0.15, 0.2) is 0 Å². The van der Waals surface area contributed by atoms with Crippen molar-refractivity contribution in [2.24, 2.45) is 12.5 Å². The molecule has 1 fully saturated rings. The van der Waals surface area contributed by atoms with Crippen LogP contribution < -0.4 is 0 Å². The molecule has 1 aromatic carbocycles. The van der Waals surface area contributed by atoms with Crippen LogP contribution in [0.1, 0.15) is 56.7 Å². The number of fused-ring (bicyclic) bond motifs is 1. The first-order valence-electron chi connectivity index (χ1n) is 7.66. The molecule has 0 atom stereocenters. The molecule has 0 bridgehead atoms. The fourth-order valence-corrected chi connectivity index (χ4v) is 3.98. The van der Waals surface area contributed by atoms with Crippen LogP contribution in [0.4, 0.5) is 0 Å². The minimum Gasteiger partial charge on any atom is -0.481 e. The zero-order chi connectivity index (χ0) is 15.4. The van der Waals surface area contributed by atoms with E-state index in [2.05, 4.69) is 49.7 Å². The van der Waals surface area contributed by atoms with Crippen molar-refractivity contribution < 1.29 is 9.90 Å². The second-order valence-corrected chi connectivity index (χ2v) is 7.00. The molecule has 21 heavy (non-hydrogen) atoms. The number of aryl methyl sites for hydroxylation is 1. The fraction of sp³-hybridized carbons (Fsp3) is 0.500. The van der Waals surface area contributed by atoms with Crippen LogP contribution in [0.15, 0.2) is 24.3 Å². The Balaban J connectivity index is 2.11. The summed E-state index contributed by atoms with van der Waals surface area (Å²) in [6.07, 6.45) is 1.49. The third-order valence-electron chi connectivity index (χ3n) is 5.06. The zero-order valence-electron chi connectivity index (χ0n) is 13.2. The number of hydrogen-bond acceptors (Lipinski definition) is 1. The Kier molecular flexibility index (Phi) is 3.12. The third kappa shape index (κ3) is 1.98. The van der Waals surface area contributed by atoms with Crippen molar-refractivity contribution in [2.75, 3.05) is 0 Å². The lowest BCUT2D eigenvalue weighted by Gasteiger charge is -2.42. The smallest absolute Gasteiger partial charge is 0.309 e. The maximum Gasteiger partial charge on any atom is 0.309 e. The Hall–Kier alpha value is -1.77. The van der Waals surface area contributed by atoms with Gasteiger partial charge in [-0.05, 0) is 43.2 Å². The number of para-hydroxylation sites is 1. The number of benzene rings is 1. The number of aliphatic carboxylic acids is 1. The van der Waals surface area contributed by atoms with Gasteiger partial charge in [-0.3, -0.25) is 4.79 Å². The Bertz CT molecular complexity index is 705. The number of rotatable bonds is 3. The van der Waals surface area contributed by atoms with Crippen molar-refractivity contribution >= 4 is 16.9 Å². The van der Waals surface area contributed by atoms with Gasteiger partial charge in [-0.2, -0.15) is 0 Å². The van der Waals surface area contributed by atoms with Gasteiger partial charge in [-0.15, -0.1) is 0 Å². The lowest BCUT2D eigenvalue weighted by atomic mass is 9.60. The first kappa shape index (κ1) is 14.2. The average Bonchev–Trinajstić information content (AvgIpc) is 2.68. The van der Waals surface area contributed by atoms with E-state index in [0.717, 1.165) is 12.8 Å². The zero-order valence-corrected chi connectivity index (χ0v) is 13.2. The summed E-state index contributed by atoms with van der Waals surface area (Å²) in [4.78, 5) is 11.4. The van der Waals surface area contributed by atoms with E-state index in [1.807, 2.05) is 6.92 Å². The van der Waals surface area contributed by atoms with Crippen LogP contribution in [0.5, 0.6) is 0 Å². The van der Waals surface area contributed by atoms with Gasteiger partial charge in [0, 0.05) is 23.6 Å². The van der Waals surface area contributed by atoms with Crippen LogP contribution in [-0.2, 0) is 11.8 Å². The minimum absolute atomic E-state index is 0.370. The first-order chi connectivity index (χ1) is 9.85. The molecule has 0 aliphatic heterocycles. The summed E-state index contributed by atoms with van der Waals surface area (Å²) >= 11 is 0. The number of aromatic nitrogens is 1. The van der Waals surface area contributed by atoms with Gasteiger partial charge in [-0.1, -0.05) is 32.0 Å². The summed E-state index contributed by atoms with van der Waals surface area (Å²) < 4.78 is 2.28. The quantitative estimate of drug-likeness (QED) is 0.915. The number of carboxylic acids is 1. The van der Waals surface area contributed by atoms with E-state index in [-0.39, 0.29) is 0 Å². The van der Waals surface area contributed by atoms with Gasteiger partial charge >= 0.3 is 5.97 Å². The molecular weight excluding hydrogens is 262 g/mol. The number of carbonyl (C=O) groups is 1. The standard InChI is InChI=1S/C18H23NO2/c1-11(2)16-15(12-9-18(3,10-12)17(20)21)13-7-5-6-8-14(13)19(16)4/h5-8,11-12H,9-10H2,1-4H3,(H,20,21). The van der Waals surface area contributed by atoms with Crippen molar-refractivity contribution in [3.63, 3.8) is 0 Å². The van der Waals surface area contributed by atoms with Crippen LogP contribution >= 0.6 is 0 Å². The Morgan fingerprint density at radius 1 is 1.33 bits per heavy atom. The van der Waals surface area contributed by atoms with E-state index >= 15 is 0 Å². The molecule has 0 amide bonds. The number of carboxylic acid groups (broad SMARTS) is 1. The second-order valence-electron chi connectivity index (χ2n) is 7.00. The normalized spacial score (nSPS) is 25.3. The molecule has 2 aromatic rings. The third-order valence-corrected chi connectivity index (χ3v) is 5.06. The highest BCUT2D eigenvalue weighted by atomic mass is 16.4. The van der Waals surface area contributed by atoms with Crippen LogP contribution in [-0.4, -0.2) is 15.6 Å². The summed E-state index contributed by atoms with van der Waals surface area (Å²) in [5.41, 5.74) is 3.44. The lowest BCUT2D eigenvalue weighted by Crippen LogP contribution is -2.40. The molecule has 3 rings (SSSR count). The second kappa shape index (κ2) is 4.62. The summed E-state index contributed by atoms with van der Waals surface area (Å²) in [6, 6.07) is 8.47. The van der Waals surface area contributed by atoms with E-state index < -0.39 is 11.4 Å². The van der Waals surface area contributed by atoms with Gasteiger partial charge in [-0.25, -0.2) is 0 Å². The largest absolute Gasteiger partial charge is 0.481 e. The highest BCUT2D eigenvalue weighted by Crippen LogP contribution is 2.54. The summed E-state index contributed by atoms with van der Waals surface area (Å²) in [6.45, 7) is 6.30. The lowest BCUT2D eigenvalue weighted by molar-refractivity contribution is -0.154. The molecule has 0 saturated heterocycles. The molecule has 112 valence electrons. The topological polar surface area (TPSA) is 42.2 Å². The maximum atomic E-state index is 11.4. The van der Waals surface area contributed by atoms with Crippen molar-refractivity contribution in [2.45, 2.75) is 45.4 Å². The van der Waals surface area contributed by atoms with Crippen LogP contribution in [0.3, 0.4) is 0 Å². The van der Waals surface area contributed by atoms with E-state index in [9.17, 15) is 9.90 Å². The first-order valence-corrected chi connectivity index (χ1v) is 7.66. The van der Waals surface area contributed by atoms with Gasteiger partial charge in [0.25, 0.3) is 0 Å². The van der Waals surface area contributed by atoms with Crippen molar-refractivity contribution in [3.8, 4) is 0 Å². The van der Waals surface area contributed by atoms with E-state index in [1.54, 1.807) is 0 Å². The molecule has 1 N–H and O–H groups in total. The van der Waals surface area contributed by atoms with Gasteiger partial charge in [0.1, 0.15) is 0 Å². The highest BCUT2D eigenvalue weighted by Gasteiger charge is 2.48. The monoisotopic (exact) mass is 285 g/mol. The predicted octanol–water partition coefficient (Wildman–Crippen LogP) is 4.27. The molecule has 3 heteroatoms. The highest BCUT2D eigenvalue weighted by molar-refractivity contribution is 5.87. The molecule has 0 spiro atoms. The molecule has 1 heterocycles. The summed E-state index contributed by atoms with van der Waals surface area (Å²) in [5, 5.41) is 10.6. The Morgan fingerprint density at radius 2 is 1.95 bits per heavy atom. The predicted molar refractivity (Wildman–Crippen MR) is 84.7 cm³/mol. The average molecular weight is 285 g/mol. The molecule has 1 saturated carbocycles. The SMILES string of the molecule is CC(C)c1c(C2CC(C)(C(=O)O)C2)c2ccccc2n1C. The Labute approximate surface area is 125 Å². The molecule has 3 nitrogen and oxygen atoms in total. The number of hydrogen-bond donors (Lipinski definition) is 1. The van der Waals surface area contributed by atoms with Crippen LogP contribution in [0, 0.1) is 5.41 Å². The van der Waals surface area contributed by atoms with E-state index in [0.29, 0.717) is 11.8 Å².